The van der Waals surface area contributed by atoms with E-state index in [4.69, 9.17) is 5.73 Å². The van der Waals surface area contributed by atoms with Crippen LogP contribution in [0.15, 0.2) is 18.3 Å². The Bertz CT molecular complexity index is 413. The number of nitrogens with zero attached hydrogens (tertiary/aromatic N) is 2. The molecule has 18 heavy (non-hydrogen) atoms. The van der Waals surface area contributed by atoms with Gasteiger partial charge in [0, 0.05) is 24.3 Å². The first-order valence-electron chi connectivity index (χ1n) is 6.75. The predicted molar refractivity (Wildman–Crippen MR) is 72.2 cm³/mol. The summed E-state index contributed by atoms with van der Waals surface area (Å²) in [6, 6.07) is 3.79. The zero-order chi connectivity index (χ0) is 13.0. The van der Waals surface area contributed by atoms with Crippen molar-refractivity contribution < 1.29 is 4.79 Å². The molecule has 1 heterocycles. The summed E-state index contributed by atoms with van der Waals surface area (Å²) < 4.78 is 0. The minimum atomic E-state index is 0.0819. The second-order valence-corrected chi connectivity index (χ2v) is 4.85. The molecule has 0 saturated heterocycles. The molecule has 4 heteroatoms. The lowest BCUT2D eigenvalue weighted by Gasteiger charge is -2.33. The molecule has 0 spiro atoms. The molecule has 0 radical (unpaired) electrons. The molecule has 2 rings (SSSR count). The Morgan fingerprint density at radius 3 is 2.78 bits per heavy atom. The number of hydrogen-bond donors (Lipinski definition) is 1. The molecule has 0 aliphatic heterocycles. The molecule has 4 nitrogen and oxygen atoms in total. The smallest absolute Gasteiger partial charge is 0.254 e. The first-order chi connectivity index (χ1) is 8.72. The molecule has 0 aromatic carbocycles. The molecule has 2 N–H and O–H groups in total. The molecule has 0 unspecified atom stereocenters. The Hall–Kier alpha value is -1.58. The summed E-state index contributed by atoms with van der Waals surface area (Å²) in [6.45, 7) is 2.79. The van der Waals surface area contributed by atoms with Gasteiger partial charge in [0.05, 0.1) is 0 Å². The third kappa shape index (κ3) is 2.81. The minimum absolute atomic E-state index is 0.0819. The third-order valence-electron chi connectivity index (χ3n) is 3.65. The molecule has 98 valence electrons. The van der Waals surface area contributed by atoms with Gasteiger partial charge in [0.2, 0.25) is 0 Å². The predicted octanol–water partition coefficient (Wildman–Crippen LogP) is 2.46. The van der Waals surface area contributed by atoms with E-state index in [1.165, 1.54) is 19.3 Å². The van der Waals surface area contributed by atoms with Crippen molar-refractivity contribution in [3.05, 3.63) is 23.9 Å². The van der Waals surface area contributed by atoms with Gasteiger partial charge in [0.15, 0.2) is 0 Å². The van der Waals surface area contributed by atoms with Gasteiger partial charge in [-0.3, -0.25) is 4.79 Å². The molecule has 1 aliphatic carbocycles. The maximum Gasteiger partial charge on any atom is 0.254 e. The van der Waals surface area contributed by atoms with Crippen molar-refractivity contribution in [3.8, 4) is 0 Å². The number of anilines is 1. The van der Waals surface area contributed by atoms with E-state index in [2.05, 4.69) is 4.98 Å². The van der Waals surface area contributed by atoms with Crippen LogP contribution in [0.4, 0.5) is 5.82 Å². The fourth-order valence-corrected chi connectivity index (χ4v) is 2.71. The number of hydrogen-bond acceptors (Lipinski definition) is 3. The SMILES string of the molecule is CCN(C(=O)c1ccnc(N)c1)C1CCCCC1. The fourth-order valence-electron chi connectivity index (χ4n) is 2.71. The molecule has 1 aromatic rings. The number of nitrogen functional groups attached to an aromatic ring is 1. The van der Waals surface area contributed by atoms with Crippen molar-refractivity contribution in [2.24, 2.45) is 0 Å². The summed E-state index contributed by atoms with van der Waals surface area (Å²) >= 11 is 0. The van der Waals surface area contributed by atoms with Gasteiger partial charge in [0.1, 0.15) is 5.82 Å². The molecule has 0 atom stereocenters. The lowest BCUT2D eigenvalue weighted by atomic mass is 9.94. The van der Waals surface area contributed by atoms with Crippen LogP contribution in [-0.2, 0) is 0 Å². The number of carbonyl (C=O) groups excluding carboxylic acids is 1. The van der Waals surface area contributed by atoms with E-state index in [0.29, 0.717) is 17.4 Å². The van der Waals surface area contributed by atoms with Gasteiger partial charge in [-0.1, -0.05) is 19.3 Å². The van der Waals surface area contributed by atoms with Gasteiger partial charge in [0.25, 0.3) is 5.91 Å². The van der Waals surface area contributed by atoms with Crippen LogP contribution in [0.5, 0.6) is 0 Å². The Balaban J connectivity index is 2.14. The zero-order valence-corrected chi connectivity index (χ0v) is 10.9. The van der Waals surface area contributed by atoms with Crippen LogP contribution in [0.2, 0.25) is 0 Å². The fraction of sp³-hybridized carbons (Fsp3) is 0.571. The Morgan fingerprint density at radius 1 is 1.44 bits per heavy atom. The second-order valence-electron chi connectivity index (χ2n) is 4.85. The summed E-state index contributed by atoms with van der Waals surface area (Å²) in [7, 11) is 0. The average molecular weight is 247 g/mol. The lowest BCUT2D eigenvalue weighted by Crippen LogP contribution is -2.41. The van der Waals surface area contributed by atoms with Gasteiger partial charge < -0.3 is 10.6 Å². The molecular formula is C14H21N3O. The number of rotatable bonds is 3. The summed E-state index contributed by atoms with van der Waals surface area (Å²) in [6.07, 6.45) is 7.60. The maximum atomic E-state index is 12.5. The summed E-state index contributed by atoms with van der Waals surface area (Å²) in [5, 5.41) is 0. The van der Waals surface area contributed by atoms with E-state index in [1.807, 2.05) is 11.8 Å². The van der Waals surface area contributed by atoms with Crippen LogP contribution < -0.4 is 5.73 Å². The van der Waals surface area contributed by atoms with Crippen LogP contribution in [0.1, 0.15) is 49.4 Å². The normalized spacial score (nSPS) is 16.5. The Kier molecular flexibility index (Phi) is 4.18. The third-order valence-corrected chi connectivity index (χ3v) is 3.65. The van der Waals surface area contributed by atoms with E-state index in [0.717, 1.165) is 19.4 Å². The molecular weight excluding hydrogens is 226 g/mol. The molecule has 1 aromatic heterocycles. The lowest BCUT2D eigenvalue weighted by molar-refractivity contribution is 0.0648. The van der Waals surface area contributed by atoms with Crippen LogP contribution in [-0.4, -0.2) is 28.4 Å². The number of nitrogens with two attached hydrogens (primary N) is 1. The van der Waals surface area contributed by atoms with Crippen molar-refractivity contribution >= 4 is 11.7 Å². The quantitative estimate of drug-likeness (QED) is 0.892. The van der Waals surface area contributed by atoms with Crippen LogP contribution in [0.3, 0.4) is 0 Å². The van der Waals surface area contributed by atoms with Crippen LogP contribution in [0.25, 0.3) is 0 Å². The van der Waals surface area contributed by atoms with E-state index in [-0.39, 0.29) is 5.91 Å². The van der Waals surface area contributed by atoms with Crippen molar-refractivity contribution in [1.82, 2.24) is 9.88 Å². The van der Waals surface area contributed by atoms with E-state index in [1.54, 1.807) is 18.3 Å². The first-order valence-corrected chi connectivity index (χ1v) is 6.75. The second kappa shape index (κ2) is 5.85. The largest absolute Gasteiger partial charge is 0.384 e. The monoisotopic (exact) mass is 247 g/mol. The van der Waals surface area contributed by atoms with E-state index >= 15 is 0 Å². The van der Waals surface area contributed by atoms with Crippen LogP contribution >= 0.6 is 0 Å². The molecule has 1 saturated carbocycles. The first kappa shape index (κ1) is 12.9. The van der Waals surface area contributed by atoms with Gasteiger partial charge >= 0.3 is 0 Å². The highest BCUT2D eigenvalue weighted by Crippen LogP contribution is 2.24. The highest BCUT2D eigenvalue weighted by molar-refractivity contribution is 5.94. The van der Waals surface area contributed by atoms with Gasteiger partial charge in [-0.15, -0.1) is 0 Å². The number of amides is 1. The standard InChI is InChI=1S/C14H21N3O/c1-2-17(12-6-4-3-5-7-12)14(18)11-8-9-16-13(15)10-11/h8-10,12H,2-7H2,1H3,(H2,15,16). The maximum absolute atomic E-state index is 12.5. The topological polar surface area (TPSA) is 59.2 Å². The van der Waals surface area contributed by atoms with E-state index < -0.39 is 0 Å². The van der Waals surface area contributed by atoms with Gasteiger partial charge in [-0.2, -0.15) is 0 Å². The Morgan fingerprint density at radius 2 is 2.17 bits per heavy atom. The molecule has 1 amide bonds. The highest BCUT2D eigenvalue weighted by Gasteiger charge is 2.24. The van der Waals surface area contributed by atoms with Gasteiger partial charge in [-0.25, -0.2) is 4.98 Å². The van der Waals surface area contributed by atoms with Crippen molar-refractivity contribution in [2.45, 2.75) is 45.1 Å². The zero-order valence-electron chi connectivity index (χ0n) is 10.9. The highest BCUT2D eigenvalue weighted by atomic mass is 16.2. The minimum Gasteiger partial charge on any atom is -0.384 e. The number of aromatic nitrogens is 1. The molecule has 0 bridgehead atoms. The van der Waals surface area contributed by atoms with Crippen LogP contribution in [0, 0.1) is 0 Å². The Labute approximate surface area is 108 Å². The average Bonchev–Trinajstić information content (AvgIpc) is 2.41. The summed E-state index contributed by atoms with van der Waals surface area (Å²) in [4.78, 5) is 18.4. The summed E-state index contributed by atoms with van der Waals surface area (Å²) in [5.41, 5.74) is 6.28. The number of carbonyl (C=O) groups is 1. The van der Waals surface area contributed by atoms with Crippen molar-refractivity contribution in [1.29, 1.82) is 0 Å². The van der Waals surface area contributed by atoms with E-state index in [9.17, 15) is 4.79 Å². The summed E-state index contributed by atoms with van der Waals surface area (Å²) in [5.74, 6) is 0.485. The van der Waals surface area contributed by atoms with Crippen molar-refractivity contribution in [2.75, 3.05) is 12.3 Å². The molecule has 1 fully saturated rings. The van der Waals surface area contributed by atoms with Gasteiger partial charge in [-0.05, 0) is 31.9 Å². The van der Waals surface area contributed by atoms with Crippen molar-refractivity contribution in [3.63, 3.8) is 0 Å². The molecule has 1 aliphatic rings. The number of pyridine rings is 1.